The molecule has 218 valence electrons. The van der Waals surface area contributed by atoms with Crippen LogP contribution < -0.4 is 5.32 Å². The Hall–Kier alpha value is -1.14. The monoisotopic (exact) mass is 533 g/mol. The molecule has 0 saturated carbocycles. The first-order valence-electron chi connectivity index (χ1n) is 13.6. The van der Waals surface area contributed by atoms with Gasteiger partial charge < -0.3 is 40.3 Å². The number of aliphatic hydroxyl groups excluding tert-OH is 5. The number of hydrogen-bond donors (Lipinski definition) is 6. The summed E-state index contributed by atoms with van der Waals surface area (Å²) >= 11 is 0. The van der Waals surface area contributed by atoms with Crippen molar-refractivity contribution >= 4 is 11.7 Å². The number of aliphatic hydroxyl groups is 5. The van der Waals surface area contributed by atoms with E-state index >= 15 is 0 Å². The van der Waals surface area contributed by atoms with E-state index < -0.39 is 54.9 Å². The van der Waals surface area contributed by atoms with E-state index in [1.807, 2.05) is 27.7 Å². The number of ether oxygens (including phenoxy) is 2. The smallest absolute Gasteiger partial charge is 0.222 e. The van der Waals surface area contributed by atoms with E-state index in [0.29, 0.717) is 6.42 Å². The molecule has 6 N–H and O–H groups in total. The highest BCUT2D eigenvalue weighted by molar-refractivity contribution is 5.84. The van der Waals surface area contributed by atoms with Crippen molar-refractivity contribution in [1.82, 2.24) is 5.32 Å². The Bertz CT molecular complexity index is 698. The first kappa shape index (κ1) is 33.9. The number of nitrogens with one attached hydrogen (secondary N) is 1. The van der Waals surface area contributed by atoms with Crippen LogP contribution in [-0.2, 0) is 19.1 Å². The summed E-state index contributed by atoms with van der Waals surface area (Å²) in [6, 6.07) is -0.354. The van der Waals surface area contributed by atoms with E-state index in [4.69, 9.17) is 9.47 Å². The van der Waals surface area contributed by atoms with E-state index in [0.717, 1.165) is 6.42 Å². The Labute approximate surface area is 221 Å². The quantitative estimate of drug-likeness (QED) is 0.171. The lowest BCUT2D eigenvalue weighted by atomic mass is 9.85. The van der Waals surface area contributed by atoms with Gasteiger partial charge in [0.15, 0.2) is 6.29 Å². The summed E-state index contributed by atoms with van der Waals surface area (Å²) in [4.78, 5) is 25.1. The van der Waals surface area contributed by atoms with Gasteiger partial charge >= 0.3 is 0 Å². The lowest BCUT2D eigenvalue weighted by Crippen LogP contribution is -2.44. The van der Waals surface area contributed by atoms with Gasteiger partial charge in [-0.2, -0.15) is 0 Å². The van der Waals surface area contributed by atoms with Gasteiger partial charge in [-0.25, -0.2) is 0 Å². The predicted octanol–water partition coefficient (Wildman–Crippen LogP) is 1.29. The summed E-state index contributed by atoms with van der Waals surface area (Å²) in [7, 11) is 0. The molecule has 1 aliphatic rings. The number of amides is 1. The van der Waals surface area contributed by atoms with Crippen molar-refractivity contribution < 1.29 is 44.6 Å². The lowest BCUT2D eigenvalue weighted by Gasteiger charge is -2.30. The average Bonchev–Trinajstić information content (AvgIpc) is 3.09. The molecule has 0 aromatic carbocycles. The molecule has 1 rings (SSSR count). The van der Waals surface area contributed by atoms with Gasteiger partial charge in [-0.15, -0.1) is 0 Å². The van der Waals surface area contributed by atoms with Crippen LogP contribution in [0.25, 0.3) is 0 Å². The number of Topliss-reactive ketones (excluding diaryl/α,β-unsaturated/α-hetero) is 1. The maximum atomic E-state index is 12.8. The molecule has 0 spiro atoms. The molecule has 10 atom stereocenters. The molecule has 2 unspecified atom stereocenters. The molecule has 37 heavy (non-hydrogen) atoms. The zero-order valence-corrected chi connectivity index (χ0v) is 23.6. The molecule has 1 saturated heterocycles. The summed E-state index contributed by atoms with van der Waals surface area (Å²) in [6.45, 7) is 12.8. The highest BCUT2D eigenvalue weighted by Crippen LogP contribution is 2.28. The molecule has 10 nitrogen and oxygen atoms in total. The maximum Gasteiger partial charge on any atom is 0.222 e. The highest BCUT2D eigenvalue weighted by Gasteiger charge is 2.44. The first-order valence-corrected chi connectivity index (χ1v) is 13.6. The van der Waals surface area contributed by atoms with Crippen LogP contribution in [0.4, 0.5) is 0 Å². The van der Waals surface area contributed by atoms with Crippen LogP contribution >= 0.6 is 0 Å². The van der Waals surface area contributed by atoms with Crippen molar-refractivity contribution in [2.24, 2.45) is 17.3 Å². The van der Waals surface area contributed by atoms with Gasteiger partial charge in [0.25, 0.3) is 0 Å². The van der Waals surface area contributed by atoms with E-state index in [2.05, 4.69) is 5.32 Å². The zero-order valence-electron chi connectivity index (χ0n) is 23.6. The molecular formula is C27H51NO9. The molecule has 0 aromatic rings. The van der Waals surface area contributed by atoms with Gasteiger partial charge in [0, 0.05) is 24.3 Å². The van der Waals surface area contributed by atoms with E-state index in [9.17, 15) is 35.1 Å². The van der Waals surface area contributed by atoms with Crippen molar-refractivity contribution in [3.63, 3.8) is 0 Å². The third kappa shape index (κ3) is 10.9. The predicted molar refractivity (Wildman–Crippen MR) is 138 cm³/mol. The molecule has 0 aliphatic carbocycles. The second-order valence-electron chi connectivity index (χ2n) is 11.7. The summed E-state index contributed by atoms with van der Waals surface area (Å²) in [6.07, 6.45) is -5.56. The van der Waals surface area contributed by atoms with Crippen LogP contribution in [0.2, 0.25) is 0 Å². The van der Waals surface area contributed by atoms with Crippen LogP contribution in [0, 0.1) is 17.3 Å². The second kappa shape index (κ2) is 15.5. The number of carbonyl (C=O) groups excluding carboxylic acids is 2. The molecular weight excluding hydrogens is 482 g/mol. The minimum Gasteiger partial charge on any atom is -0.394 e. The fraction of sp³-hybridized carbons (Fsp3) is 0.926. The standard InChI is InChI=1S/C27H51NO9/c1-8-15(3)19(10-17(30)12-22(32)27(5,6)7)28-23(33)13-18(31)11-20(16(4)9-2)36-26-25(35)24(34)21(14-29)37-26/h15-21,24-26,29-31,34-35H,8-14H2,1-7H3,(H,28,33)/t15-,16-,17-,18-,19-,20-,21-,24?,25?,26+/m0/s1. The fourth-order valence-corrected chi connectivity index (χ4v) is 4.28. The Morgan fingerprint density at radius 2 is 1.51 bits per heavy atom. The van der Waals surface area contributed by atoms with Gasteiger partial charge in [-0.1, -0.05) is 61.3 Å². The van der Waals surface area contributed by atoms with Crippen LogP contribution in [-0.4, -0.2) is 92.8 Å². The maximum absolute atomic E-state index is 12.8. The molecule has 1 heterocycles. The van der Waals surface area contributed by atoms with E-state index in [1.165, 1.54) is 0 Å². The SMILES string of the molecule is CC[C@H](C)[C@H](C[C@H](O)CC(=O)C(C)(C)C)NC(=O)C[C@@H](O)C[C@H](O[C@@H]1O[C@@H](CO)C(O)C1O)[C@@H](C)CC. The van der Waals surface area contributed by atoms with Crippen molar-refractivity contribution in [1.29, 1.82) is 0 Å². The van der Waals surface area contributed by atoms with Gasteiger partial charge in [-0.05, 0) is 18.3 Å². The number of hydrogen-bond acceptors (Lipinski definition) is 9. The third-order valence-corrected chi connectivity index (χ3v) is 7.47. The normalized spacial score (nSPS) is 27.2. The molecule has 1 amide bonds. The average molecular weight is 534 g/mol. The number of ketones is 1. The summed E-state index contributed by atoms with van der Waals surface area (Å²) in [5.41, 5.74) is -0.550. The Morgan fingerprint density at radius 1 is 0.946 bits per heavy atom. The molecule has 1 aliphatic heterocycles. The fourth-order valence-electron chi connectivity index (χ4n) is 4.28. The van der Waals surface area contributed by atoms with Crippen molar-refractivity contribution in [2.45, 2.75) is 136 Å². The Balaban J connectivity index is 2.74. The van der Waals surface area contributed by atoms with Crippen LogP contribution in [0.1, 0.15) is 87.0 Å². The third-order valence-electron chi connectivity index (χ3n) is 7.47. The lowest BCUT2D eigenvalue weighted by molar-refractivity contribution is -0.207. The Kier molecular flexibility index (Phi) is 14.2. The number of rotatable bonds is 16. The minimum absolute atomic E-state index is 0.0176. The van der Waals surface area contributed by atoms with Gasteiger partial charge in [-0.3, -0.25) is 9.59 Å². The van der Waals surface area contributed by atoms with Gasteiger partial charge in [0.05, 0.1) is 31.3 Å². The summed E-state index contributed by atoms with van der Waals surface area (Å²) in [5.74, 6) is -0.399. The van der Waals surface area contributed by atoms with Gasteiger partial charge in [0.2, 0.25) is 5.91 Å². The summed E-state index contributed by atoms with van der Waals surface area (Å²) < 4.78 is 11.3. The minimum atomic E-state index is -1.34. The highest BCUT2D eigenvalue weighted by atomic mass is 16.7. The molecule has 0 bridgehead atoms. The van der Waals surface area contributed by atoms with E-state index in [1.54, 1.807) is 20.8 Å². The first-order chi connectivity index (χ1) is 17.1. The molecule has 0 radical (unpaired) electrons. The second-order valence-corrected chi connectivity index (χ2v) is 11.7. The van der Waals surface area contributed by atoms with Crippen LogP contribution in [0.3, 0.4) is 0 Å². The van der Waals surface area contributed by atoms with Crippen LogP contribution in [0.15, 0.2) is 0 Å². The molecule has 1 fully saturated rings. The Morgan fingerprint density at radius 3 is 2.00 bits per heavy atom. The van der Waals surface area contributed by atoms with Crippen molar-refractivity contribution in [3.8, 4) is 0 Å². The number of carbonyl (C=O) groups is 2. The van der Waals surface area contributed by atoms with Gasteiger partial charge in [0.1, 0.15) is 24.1 Å². The topological polar surface area (TPSA) is 166 Å². The van der Waals surface area contributed by atoms with Crippen molar-refractivity contribution in [2.75, 3.05) is 6.61 Å². The summed E-state index contributed by atoms with van der Waals surface area (Å²) in [5, 5.41) is 53.6. The van der Waals surface area contributed by atoms with Crippen molar-refractivity contribution in [3.05, 3.63) is 0 Å². The van der Waals surface area contributed by atoms with Crippen LogP contribution in [0.5, 0.6) is 0 Å². The molecule has 10 heteroatoms. The molecule has 0 aromatic heterocycles. The zero-order chi connectivity index (χ0) is 28.5. The largest absolute Gasteiger partial charge is 0.394 e. The van der Waals surface area contributed by atoms with E-state index in [-0.39, 0.29) is 55.3 Å².